The summed E-state index contributed by atoms with van der Waals surface area (Å²) in [7, 11) is 1.53. The van der Waals surface area contributed by atoms with Crippen molar-refractivity contribution in [1.29, 1.82) is 0 Å². The standard InChI is InChI=1S/C21H27ClN2O5/c1-6-13-11-14(22)12-15(27-5)16(13)17-18(25)23-7-9-28-10-8-24(23)19(17)29-20(26)21(2,3)4/h11-12H,6-10H2,1-5H3. The Morgan fingerprint density at radius 3 is 2.41 bits per heavy atom. The van der Waals surface area contributed by atoms with Gasteiger partial charge in [-0.05, 0) is 44.9 Å². The van der Waals surface area contributed by atoms with Crippen molar-refractivity contribution < 1.29 is 19.0 Å². The van der Waals surface area contributed by atoms with Crippen molar-refractivity contribution in [2.45, 2.75) is 47.2 Å². The zero-order valence-electron chi connectivity index (χ0n) is 17.5. The first-order valence-corrected chi connectivity index (χ1v) is 10.1. The number of esters is 1. The summed E-state index contributed by atoms with van der Waals surface area (Å²) in [5.41, 5.74) is 0.791. The SMILES string of the molecule is CCc1cc(Cl)cc(OC)c1-c1c(OC(=O)C(C)(C)C)n2n(c1=O)CCOCC2. The largest absolute Gasteiger partial charge is 0.496 e. The number of benzene rings is 1. The number of carbonyl (C=O) groups is 1. The van der Waals surface area contributed by atoms with Crippen molar-refractivity contribution in [2.24, 2.45) is 5.41 Å². The van der Waals surface area contributed by atoms with Gasteiger partial charge < -0.3 is 14.2 Å². The molecule has 3 rings (SSSR count). The molecular weight excluding hydrogens is 396 g/mol. The molecule has 8 heteroatoms. The Balaban J connectivity index is 2.33. The molecule has 0 saturated heterocycles. The number of halogens is 1. The van der Waals surface area contributed by atoms with Gasteiger partial charge in [-0.3, -0.25) is 9.59 Å². The number of hydrogen-bond acceptors (Lipinski definition) is 5. The molecule has 0 aliphatic carbocycles. The summed E-state index contributed by atoms with van der Waals surface area (Å²) in [6.07, 6.45) is 0.632. The maximum atomic E-state index is 13.4. The maximum Gasteiger partial charge on any atom is 0.317 e. The van der Waals surface area contributed by atoms with Crippen LogP contribution in [0.5, 0.6) is 11.6 Å². The fourth-order valence-corrected chi connectivity index (χ4v) is 3.57. The molecule has 0 radical (unpaired) electrons. The van der Waals surface area contributed by atoms with Gasteiger partial charge in [-0.15, -0.1) is 0 Å². The number of aryl methyl sites for hydroxylation is 1. The van der Waals surface area contributed by atoms with Crippen molar-refractivity contribution in [3.8, 4) is 22.8 Å². The molecule has 1 aromatic heterocycles. The van der Waals surface area contributed by atoms with Crippen LogP contribution in [0, 0.1) is 5.41 Å². The number of methoxy groups -OCH3 is 1. The van der Waals surface area contributed by atoms with Gasteiger partial charge in [0.15, 0.2) is 0 Å². The Hall–Kier alpha value is -2.25. The van der Waals surface area contributed by atoms with E-state index in [-0.39, 0.29) is 11.4 Å². The molecule has 0 spiro atoms. The lowest BCUT2D eigenvalue weighted by Gasteiger charge is -2.19. The molecule has 0 fully saturated rings. The number of nitrogens with zero attached hydrogens (tertiary/aromatic N) is 2. The van der Waals surface area contributed by atoms with E-state index < -0.39 is 11.4 Å². The zero-order valence-corrected chi connectivity index (χ0v) is 18.3. The number of aromatic nitrogens is 2. The third kappa shape index (κ3) is 4.07. The summed E-state index contributed by atoms with van der Waals surface area (Å²) in [4.78, 5) is 26.2. The van der Waals surface area contributed by atoms with Crippen LogP contribution in [0.25, 0.3) is 11.1 Å². The average Bonchev–Trinajstić information content (AvgIpc) is 2.82. The molecule has 2 aromatic rings. The lowest BCUT2D eigenvalue weighted by atomic mass is 9.97. The Kier molecular flexibility index (Phi) is 6.10. The lowest BCUT2D eigenvalue weighted by Crippen LogP contribution is -2.27. The quantitative estimate of drug-likeness (QED) is 0.705. The molecule has 0 saturated carbocycles. The van der Waals surface area contributed by atoms with Crippen LogP contribution >= 0.6 is 11.6 Å². The van der Waals surface area contributed by atoms with Gasteiger partial charge in [-0.25, -0.2) is 9.36 Å². The number of rotatable bonds is 4. The van der Waals surface area contributed by atoms with E-state index in [9.17, 15) is 9.59 Å². The molecule has 2 heterocycles. The van der Waals surface area contributed by atoms with E-state index in [1.54, 1.807) is 36.2 Å². The maximum absolute atomic E-state index is 13.4. The number of fused-ring (bicyclic) bond motifs is 1. The van der Waals surface area contributed by atoms with E-state index in [4.69, 9.17) is 25.8 Å². The zero-order chi connectivity index (χ0) is 21.3. The summed E-state index contributed by atoms with van der Waals surface area (Å²) < 4.78 is 20.2. The van der Waals surface area contributed by atoms with Gasteiger partial charge in [0.1, 0.15) is 11.3 Å². The first-order valence-electron chi connectivity index (χ1n) is 9.69. The lowest BCUT2D eigenvalue weighted by molar-refractivity contribution is -0.143. The number of carbonyl (C=O) groups excluding carboxylic acids is 1. The molecule has 0 bridgehead atoms. The second kappa shape index (κ2) is 8.24. The fraction of sp³-hybridized carbons (Fsp3) is 0.524. The topological polar surface area (TPSA) is 71.7 Å². The first kappa shape index (κ1) is 21.5. The highest BCUT2D eigenvalue weighted by Gasteiger charge is 2.32. The highest BCUT2D eigenvalue weighted by atomic mass is 35.5. The predicted octanol–water partition coefficient (Wildman–Crippen LogP) is 3.52. The van der Waals surface area contributed by atoms with E-state index in [2.05, 4.69) is 0 Å². The fourth-order valence-electron chi connectivity index (χ4n) is 3.34. The average molecular weight is 423 g/mol. The summed E-state index contributed by atoms with van der Waals surface area (Å²) in [6.45, 7) is 8.90. The Bertz CT molecular complexity index is 959. The van der Waals surface area contributed by atoms with Gasteiger partial charge in [0.05, 0.1) is 38.8 Å². The van der Waals surface area contributed by atoms with E-state index >= 15 is 0 Å². The van der Waals surface area contributed by atoms with Crippen LogP contribution in [0.3, 0.4) is 0 Å². The predicted molar refractivity (Wildman–Crippen MR) is 111 cm³/mol. The Labute approximate surface area is 175 Å². The van der Waals surface area contributed by atoms with Crippen molar-refractivity contribution in [3.63, 3.8) is 0 Å². The molecule has 29 heavy (non-hydrogen) atoms. The van der Waals surface area contributed by atoms with E-state index in [1.165, 1.54) is 7.11 Å². The van der Waals surface area contributed by atoms with Crippen molar-refractivity contribution >= 4 is 17.6 Å². The Morgan fingerprint density at radius 1 is 1.17 bits per heavy atom. The van der Waals surface area contributed by atoms with Crippen LogP contribution in [0.2, 0.25) is 5.02 Å². The van der Waals surface area contributed by atoms with Crippen LogP contribution in [0.1, 0.15) is 33.3 Å². The number of ether oxygens (including phenoxy) is 3. The van der Waals surface area contributed by atoms with Crippen molar-refractivity contribution in [3.05, 3.63) is 33.1 Å². The van der Waals surface area contributed by atoms with E-state index in [0.29, 0.717) is 54.6 Å². The summed E-state index contributed by atoms with van der Waals surface area (Å²) in [6, 6.07) is 3.48. The van der Waals surface area contributed by atoms with Crippen LogP contribution in [-0.4, -0.2) is 35.7 Å². The molecule has 1 aliphatic heterocycles. The summed E-state index contributed by atoms with van der Waals surface area (Å²) in [5, 5.41) is 0.518. The molecule has 0 amide bonds. The molecule has 7 nitrogen and oxygen atoms in total. The molecule has 158 valence electrons. The van der Waals surface area contributed by atoms with Crippen molar-refractivity contribution in [2.75, 3.05) is 20.3 Å². The molecule has 0 N–H and O–H groups in total. The van der Waals surface area contributed by atoms with Gasteiger partial charge in [0, 0.05) is 10.6 Å². The molecule has 1 aromatic carbocycles. The minimum absolute atomic E-state index is 0.218. The summed E-state index contributed by atoms with van der Waals surface area (Å²) in [5.74, 6) is 0.267. The third-order valence-electron chi connectivity index (χ3n) is 4.88. The molecule has 0 unspecified atom stereocenters. The summed E-state index contributed by atoms with van der Waals surface area (Å²) >= 11 is 6.24. The van der Waals surface area contributed by atoms with E-state index in [1.807, 2.05) is 13.0 Å². The first-order chi connectivity index (χ1) is 13.7. The van der Waals surface area contributed by atoms with Gasteiger partial charge >= 0.3 is 5.97 Å². The molecule has 1 aliphatic rings. The molecular formula is C21H27ClN2O5. The monoisotopic (exact) mass is 422 g/mol. The van der Waals surface area contributed by atoms with Crippen LogP contribution in [-0.2, 0) is 29.0 Å². The number of hydrogen-bond donors (Lipinski definition) is 0. The van der Waals surface area contributed by atoms with Crippen molar-refractivity contribution in [1.82, 2.24) is 9.36 Å². The smallest absolute Gasteiger partial charge is 0.317 e. The van der Waals surface area contributed by atoms with Gasteiger partial charge in [-0.2, -0.15) is 0 Å². The van der Waals surface area contributed by atoms with Gasteiger partial charge in [0.2, 0.25) is 5.88 Å². The van der Waals surface area contributed by atoms with Gasteiger partial charge in [0.25, 0.3) is 5.56 Å². The van der Waals surface area contributed by atoms with Crippen LogP contribution in [0.4, 0.5) is 0 Å². The second-order valence-electron chi connectivity index (χ2n) is 7.98. The minimum Gasteiger partial charge on any atom is -0.496 e. The van der Waals surface area contributed by atoms with E-state index in [0.717, 1.165) is 5.56 Å². The highest BCUT2D eigenvalue weighted by molar-refractivity contribution is 6.31. The molecule has 0 atom stereocenters. The second-order valence-corrected chi connectivity index (χ2v) is 8.42. The minimum atomic E-state index is -0.728. The highest BCUT2D eigenvalue weighted by Crippen LogP contribution is 2.40. The third-order valence-corrected chi connectivity index (χ3v) is 5.10. The van der Waals surface area contributed by atoms with Crippen LogP contribution in [0.15, 0.2) is 16.9 Å². The normalized spacial score (nSPS) is 14.3. The Morgan fingerprint density at radius 2 is 1.83 bits per heavy atom. The van der Waals surface area contributed by atoms with Crippen LogP contribution < -0.4 is 15.0 Å². The van der Waals surface area contributed by atoms with Gasteiger partial charge in [-0.1, -0.05) is 18.5 Å².